The predicted molar refractivity (Wildman–Crippen MR) is 80.8 cm³/mol. The third-order valence-corrected chi connectivity index (χ3v) is 2.79. The standard InChI is InChI=1S/C15H23N3O2/c1-4-16-11(3)9-14(19)18-13-8-6-7-12(10-13)15(20)17-5-2/h6-8,10-11,16H,4-5,9H2,1-3H3,(H,17,20)(H,18,19). The number of benzene rings is 1. The maximum atomic E-state index is 11.9. The van der Waals surface area contributed by atoms with Crippen LogP contribution in [0.2, 0.25) is 0 Å². The topological polar surface area (TPSA) is 70.2 Å². The summed E-state index contributed by atoms with van der Waals surface area (Å²) in [6.45, 7) is 7.25. The number of hydrogen-bond acceptors (Lipinski definition) is 3. The zero-order chi connectivity index (χ0) is 15.0. The minimum absolute atomic E-state index is 0.0634. The molecule has 0 saturated carbocycles. The molecule has 0 radical (unpaired) electrons. The van der Waals surface area contributed by atoms with Crippen LogP contribution in [-0.2, 0) is 4.79 Å². The number of hydrogen-bond donors (Lipinski definition) is 3. The van der Waals surface area contributed by atoms with Crippen LogP contribution in [0.5, 0.6) is 0 Å². The smallest absolute Gasteiger partial charge is 0.251 e. The molecule has 0 aromatic heterocycles. The third-order valence-electron chi connectivity index (χ3n) is 2.79. The Hall–Kier alpha value is -1.88. The number of anilines is 1. The van der Waals surface area contributed by atoms with E-state index in [-0.39, 0.29) is 17.9 Å². The molecule has 0 saturated heterocycles. The lowest BCUT2D eigenvalue weighted by Gasteiger charge is -2.12. The molecule has 0 fully saturated rings. The summed E-state index contributed by atoms with van der Waals surface area (Å²) in [5, 5.41) is 8.72. The van der Waals surface area contributed by atoms with Crippen LogP contribution in [0.4, 0.5) is 5.69 Å². The molecule has 110 valence electrons. The fourth-order valence-electron chi connectivity index (χ4n) is 1.91. The highest BCUT2D eigenvalue weighted by molar-refractivity contribution is 5.97. The van der Waals surface area contributed by atoms with Crippen molar-refractivity contribution in [2.24, 2.45) is 0 Å². The van der Waals surface area contributed by atoms with Gasteiger partial charge < -0.3 is 16.0 Å². The van der Waals surface area contributed by atoms with Crippen molar-refractivity contribution >= 4 is 17.5 Å². The molecule has 1 rings (SSSR count). The molecule has 2 amide bonds. The molecule has 3 N–H and O–H groups in total. The van der Waals surface area contributed by atoms with E-state index >= 15 is 0 Å². The Balaban J connectivity index is 2.61. The van der Waals surface area contributed by atoms with Crippen molar-refractivity contribution in [3.63, 3.8) is 0 Å². The van der Waals surface area contributed by atoms with Gasteiger partial charge in [0.25, 0.3) is 5.91 Å². The minimum Gasteiger partial charge on any atom is -0.352 e. The first-order valence-corrected chi connectivity index (χ1v) is 6.98. The number of nitrogens with one attached hydrogen (secondary N) is 3. The predicted octanol–water partition coefficient (Wildman–Crippen LogP) is 1.76. The highest BCUT2D eigenvalue weighted by Crippen LogP contribution is 2.11. The van der Waals surface area contributed by atoms with Crippen LogP contribution >= 0.6 is 0 Å². The van der Waals surface area contributed by atoms with Crippen LogP contribution in [0.25, 0.3) is 0 Å². The summed E-state index contributed by atoms with van der Waals surface area (Å²) in [7, 11) is 0. The summed E-state index contributed by atoms with van der Waals surface area (Å²) in [4.78, 5) is 23.6. The molecule has 0 spiro atoms. The van der Waals surface area contributed by atoms with Gasteiger partial charge in [0.15, 0.2) is 0 Å². The van der Waals surface area contributed by atoms with Crippen molar-refractivity contribution in [3.05, 3.63) is 29.8 Å². The summed E-state index contributed by atoms with van der Waals surface area (Å²) in [6, 6.07) is 7.07. The first kappa shape index (κ1) is 16.2. The van der Waals surface area contributed by atoms with Crippen LogP contribution in [0.1, 0.15) is 37.6 Å². The summed E-state index contributed by atoms with van der Waals surface area (Å²) < 4.78 is 0. The fourth-order valence-corrected chi connectivity index (χ4v) is 1.91. The maximum absolute atomic E-state index is 11.9. The molecule has 5 nitrogen and oxygen atoms in total. The highest BCUT2D eigenvalue weighted by Gasteiger charge is 2.09. The van der Waals surface area contributed by atoms with E-state index in [1.807, 2.05) is 20.8 Å². The Morgan fingerprint density at radius 1 is 1.20 bits per heavy atom. The van der Waals surface area contributed by atoms with Crippen molar-refractivity contribution in [2.45, 2.75) is 33.2 Å². The molecule has 0 heterocycles. The molecule has 0 aliphatic heterocycles. The largest absolute Gasteiger partial charge is 0.352 e. The lowest BCUT2D eigenvalue weighted by Crippen LogP contribution is -2.30. The molecule has 1 aromatic carbocycles. The van der Waals surface area contributed by atoms with Gasteiger partial charge in [0.05, 0.1) is 0 Å². The first-order valence-electron chi connectivity index (χ1n) is 6.98. The second-order valence-corrected chi connectivity index (χ2v) is 4.65. The van der Waals surface area contributed by atoms with E-state index < -0.39 is 0 Å². The van der Waals surface area contributed by atoms with Crippen molar-refractivity contribution in [2.75, 3.05) is 18.4 Å². The molecule has 0 aliphatic rings. The number of carbonyl (C=O) groups excluding carboxylic acids is 2. The minimum atomic E-state index is -0.135. The van der Waals surface area contributed by atoms with Gasteiger partial charge in [-0.25, -0.2) is 0 Å². The second-order valence-electron chi connectivity index (χ2n) is 4.65. The van der Waals surface area contributed by atoms with Gasteiger partial charge in [-0.2, -0.15) is 0 Å². The molecular weight excluding hydrogens is 254 g/mol. The molecular formula is C15H23N3O2. The molecule has 20 heavy (non-hydrogen) atoms. The van der Waals surface area contributed by atoms with Gasteiger partial charge in [0, 0.05) is 30.3 Å². The van der Waals surface area contributed by atoms with Crippen LogP contribution in [0.3, 0.4) is 0 Å². The Kier molecular flexibility index (Phi) is 6.73. The molecule has 1 unspecified atom stereocenters. The molecule has 0 bridgehead atoms. The van der Waals surface area contributed by atoms with Crippen LogP contribution in [0, 0.1) is 0 Å². The SMILES string of the molecule is CCNC(=O)c1cccc(NC(=O)CC(C)NCC)c1. The Labute approximate surface area is 120 Å². The maximum Gasteiger partial charge on any atom is 0.251 e. The van der Waals surface area contributed by atoms with Gasteiger partial charge in [-0.3, -0.25) is 9.59 Å². The molecule has 5 heteroatoms. The lowest BCUT2D eigenvalue weighted by molar-refractivity contribution is -0.116. The average molecular weight is 277 g/mol. The second kappa shape index (κ2) is 8.32. The summed E-state index contributed by atoms with van der Waals surface area (Å²) in [6.07, 6.45) is 0.402. The van der Waals surface area contributed by atoms with E-state index in [0.29, 0.717) is 24.2 Å². The van der Waals surface area contributed by atoms with Gasteiger partial charge in [0.2, 0.25) is 5.91 Å². The number of rotatable bonds is 7. The first-order chi connectivity index (χ1) is 9.56. The van der Waals surface area contributed by atoms with Gasteiger partial charge in [0.1, 0.15) is 0 Å². The molecule has 1 atom stereocenters. The van der Waals surface area contributed by atoms with Crippen molar-refractivity contribution in [1.82, 2.24) is 10.6 Å². The average Bonchev–Trinajstić information content (AvgIpc) is 2.39. The van der Waals surface area contributed by atoms with E-state index in [1.165, 1.54) is 0 Å². The van der Waals surface area contributed by atoms with Gasteiger partial charge >= 0.3 is 0 Å². The summed E-state index contributed by atoms with van der Waals surface area (Å²) in [5.74, 6) is -0.198. The van der Waals surface area contributed by atoms with Gasteiger partial charge in [-0.1, -0.05) is 13.0 Å². The van der Waals surface area contributed by atoms with Crippen molar-refractivity contribution in [3.8, 4) is 0 Å². The summed E-state index contributed by atoms with van der Waals surface area (Å²) >= 11 is 0. The van der Waals surface area contributed by atoms with E-state index in [0.717, 1.165) is 6.54 Å². The lowest BCUT2D eigenvalue weighted by atomic mass is 10.1. The van der Waals surface area contributed by atoms with E-state index in [4.69, 9.17) is 0 Å². The summed E-state index contributed by atoms with van der Waals surface area (Å²) in [5.41, 5.74) is 1.19. The quantitative estimate of drug-likeness (QED) is 0.711. The zero-order valence-electron chi connectivity index (χ0n) is 12.3. The van der Waals surface area contributed by atoms with Gasteiger partial charge in [-0.05, 0) is 38.6 Å². The molecule has 1 aromatic rings. The number of carbonyl (C=O) groups is 2. The normalized spacial score (nSPS) is 11.8. The third kappa shape index (κ3) is 5.40. The highest BCUT2D eigenvalue weighted by atomic mass is 16.2. The van der Waals surface area contributed by atoms with Crippen LogP contribution in [0.15, 0.2) is 24.3 Å². The Morgan fingerprint density at radius 2 is 1.95 bits per heavy atom. The van der Waals surface area contributed by atoms with Crippen LogP contribution < -0.4 is 16.0 Å². The van der Waals surface area contributed by atoms with E-state index in [9.17, 15) is 9.59 Å². The monoisotopic (exact) mass is 277 g/mol. The Morgan fingerprint density at radius 3 is 2.60 bits per heavy atom. The van der Waals surface area contributed by atoms with Gasteiger partial charge in [-0.15, -0.1) is 0 Å². The molecule has 0 aliphatic carbocycles. The van der Waals surface area contributed by atoms with Crippen LogP contribution in [-0.4, -0.2) is 30.9 Å². The van der Waals surface area contributed by atoms with E-state index in [2.05, 4.69) is 16.0 Å². The zero-order valence-corrected chi connectivity index (χ0v) is 12.3. The Bertz CT molecular complexity index is 460. The fraction of sp³-hybridized carbons (Fsp3) is 0.467. The van der Waals surface area contributed by atoms with Crippen molar-refractivity contribution < 1.29 is 9.59 Å². The van der Waals surface area contributed by atoms with E-state index in [1.54, 1.807) is 24.3 Å². The van der Waals surface area contributed by atoms with Crippen molar-refractivity contribution in [1.29, 1.82) is 0 Å². The number of amides is 2.